The number of esters is 1. The lowest BCUT2D eigenvalue weighted by molar-refractivity contribution is -0.141. The molecule has 1 aromatic rings. The first-order valence-corrected chi connectivity index (χ1v) is 9.17. The molecular formula is C16H22O4S. The number of benzene rings is 1. The van der Waals surface area contributed by atoms with Gasteiger partial charge >= 0.3 is 5.97 Å². The van der Waals surface area contributed by atoms with Gasteiger partial charge in [0.1, 0.15) is 0 Å². The third-order valence-electron chi connectivity index (χ3n) is 4.07. The van der Waals surface area contributed by atoms with E-state index >= 15 is 0 Å². The Bertz CT molecular complexity index is 559. The van der Waals surface area contributed by atoms with Crippen molar-refractivity contribution in [2.45, 2.75) is 31.6 Å². The molecule has 1 saturated carbocycles. The second-order valence-corrected chi connectivity index (χ2v) is 7.87. The highest BCUT2D eigenvalue weighted by molar-refractivity contribution is 7.91. The first-order valence-electron chi connectivity index (χ1n) is 7.35. The molecule has 1 atom stereocenters. The number of carbonyl (C=O) groups is 1. The minimum Gasteiger partial charge on any atom is -0.469 e. The number of methoxy groups -OCH3 is 1. The predicted molar refractivity (Wildman–Crippen MR) is 81.8 cm³/mol. The van der Waals surface area contributed by atoms with Crippen molar-refractivity contribution in [2.75, 3.05) is 18.6 Å². The second-order valence-electron chi connectivity index (χ2n) is 5.71. The van der Waals surface area contributed by atoms with Crippen LogP contribution in [0.1, 0.15) is 37.2 Å². The van der Waals surface area contributed by atoms with Gasteiger partial charge in [-0.15, -0.1) is 0 Å². The Balaban J connectivity index is 2.12. The van der Waals surface area contributed by atoms with E-state index < -0.39 is 21.7 Å². The van der Waals surface area contributed by atoms with Crippen LogP contribution in [0.25, 0.3) is 0 Å². The monoisotopic (exact) mass is 310 g/mol. The lowest BCUT2D eigenvalue weighted by Crippen LogP contribution is -2.26. The van der Waals surface area contributed by atoms with Gasteiger partial charge < -0.3 is 4.74 Å². The maximum Gasteiger partial charge on any atom is 0.314 e. The van der Waals surface area contributed by atoms with Crippen molar-refractivity contribution in [2.24, 2.45) is 5.92 Å². The number of hydrogen-bond acceptors (Lipinski definition) is 4. The molecule has 4 nitrogen and oxygen atoms in total. The highest BCUT2D eigenvalue weighted by atomic mass is 32.2. The molecule has 0 spiro atoms. The summed E-state index contributed by atoms with van der Waals surface area (Å²) in [5.74, 6) is -0.948. The molecule has 1 unspecified atom stereocenters. The van der Waals surface area contributed by atoms with Crippen molar-refractivity contribution in [1.82, 2.24) is 0 Å². The van der Waals surface area contributed by atoms with Crippen LogP contribution in [0.4, 0.5) is 0 Å². The van der Waals surface area contributed by atoms with Gasteiger partial charge in [-0.3, -0.25) is 4.79 Å². The summed E-state index contributed by atoms with van der Waals surface area (Å²) in [4.78, 5) is 11.9. The number of rotatable bonds is 6. The summed E-state index contributed by atoms with van der Waals surface area (Å²) < 4.78 is 29.5. The van der Waals surface area contributed by atoms with Gasteiger partial charge in [0.25, 0.3) is 0 Å². The fraction of sp³-hybridized carbons (Fsp3) is 0.562. The van der Waals surface area contributed by atoms with Gasteiger partial charge in [-0.25, -0.2) is 8.42 Å². The minimum atomic E-state index is -3.27. The lowest BCUT2D eigenvalue weighted by Gasteiger charge is -2.17. The molecule has 0 aliphatic heterocycles. The van der Waals surface area contributed by atoms with Gasteiger partial charge in [0.05, 0.1) is 24.5 Å². The molecule has 0 bridgehead atoms. The standard InChI is InChI=1S/C16H22O4S/c1-20-16(17)15(14-9-3-2-4-10-14)12-21(18,19)11-13-7-5-6-8-13/h2-4,9-10,13,15H,5-8,11-12H2,1H3. The molecule has 0 amide bonds. The summed E-state index contributed by atoms with van der Waals surface area (Å²) in [5, 5.41) is 0. The van der Waals surface area contributed by atoms with Crippen molar-refractivity contribution < 1.29 is 17.9 Å². The Hall–Kier alpha value is -1.36. The van der Waals surface area contributed by atoms with Crippen molar-refractivity contribution in [1.29, 1.82) is 0 Å². The first-order chi connectivity index (χ1) is 10.0. The van der Waals surface area contributed by atoms with Crippen LogP contribution < -0.4 is 0 Å². The van der Waals surface area contributed by atoms with Crippen molar-refractivity contribution in [3.8, 4) is 0 Å². The Morgan fingerprint density at radius 2 is 1.86 bits per heavy atom. The zero-order chi connectivity index (χ0) is 15.3. The molecule has 1 aliphatic rings. The molecule has 5 heteroatoms. The highest BCUT2D eigenvalue weighted by Gasteiger charge is 2.30. The molecule has 0 N–H and O–H groups in total. The van der Waals surface area contributed by atoms with Gasteiger partial charge in [0, 0.05) is 0 Å². The highest BCUT2D eigenvalue weighted by Crippen LogP contribution is 2.28. The average Bonchev–Trinajstić information content (AvgIpc) is 2.97. The van der Waals surface area contributed by atoms with Gasteiger partial charge in [0.2, 0.25) is 0 Å². The van der Waals surface area contributed by atoms with Gasteiger partial charge in [-0.2, -0.15) is 0 Å². The molecule has 0 aromatic heterocycles. The third-order valence-corrected chi connectivity index (χ3v) is 5.89. The van der Waals surface area contributed by atoms with Crippen molar-refractivity contribution in [3.05, 3.63) is 35.9 Å². The van der Waals surface area contributed by atoms with E-state index in [-0.39, 0.29) is 17.4 Å². The molecule has 1 aromatic carbocycles. The van der Waals surface area contributed by atoms with Crippen LogP contribution in [0.5, 0.6) is 0 Å². The fourth-order valence-corrected chi connectivity index (χ4v) is 5.01. The summed E-state index contributed by atoms with van der Waals surface area (Å²) in [6, 6.07) is 8.98. The summed E-state index contributed by atoms with van der Waals surface area (Å²) >= 11 is 0. The van der Waals surface area contributed by atoms with Crippen LogP contribution in [0.2, 0.25) is 0 Å². The number of ether oxygens (including phenoxy) is 1. The second kappa shape index (κ2) is 7.07. The van der Waals surface area contributed by atoms with Crippen LogP contribution in [-0.2, 0) is 19.4 Å². The quantitative estimate of drug-likeness (QED) is 0.758. The van der Waals surface area contributed by atoms with Crippen LogP contribution in [0.15, 0.2) is 30.3 Å². The van der Waals surface area contributed by atoms with E-state index in [1.54, 1.807) is 24.3 Å². The Morgan fingerprint density at radius 3 is 2.43 bits per heavy atom. The predicted octanol–water partition coefficient (Wildman–Crippen LogP) is 2.55. The van der Waals surface area contributed by atoms with E-state index in [4.69, 9.17) is 4.74 Å². The Labute approximate surface area is 126 Å². The van der Waals surface area contributed by atoms with E-state index in [9.17, 15) is 13.2 Å². The molecule has 21 heavy (non-hydrogen) atoms. The molecule has 0 heterocycles. The summed E-state index contributed by atoms with van der Waals surface area (Å²) in [5.41, 5.74) is 0.694. The SMILES string of the molecule is COC(=O)C(CS(=O)(=O)CC1CCCC1)c1ccccc1. The minimum absolute atomic E-state index is 0.166. The Morgan fingerprint density at radius 1 is 1.24 bits per heavy atom. The fourth-order valence-electron chi connectivity index (χ4n) is 2.99. The molecule has 0 saturated heterocycles. The largest absolute Gasteiger partial charge is 0.469 e. The number of hydrogen-bond donors (Lipinski definition) is 0. The molecular weight excluding hydrogens is 288 g/mol. The summed E-state index contributed by atoms with van der Waals surface area (Å²) in [6.07, 6.45) is 4.18. The topological polar surface area (TPSA) is 60.4 Å². The summed E-state index contributed by atoms with van der Waals surface area (Å²) in [6.45, 7) is 0. The number of sulfone groups is 1. The van der Waals surface area contributed by atoms with E-state index in [1.807, 2.05) is 6.07 Å². The zero-order valence-corrected chi connectivity index (χ0v) is 13.1. The molecule has 2 rings (SSSR count). The molecule has 0 radical (unpaired) electrons. The normalized spacial score (nSPS) is 17.6. The first kappa shape index (κ1) is 16.0. The molecule has 1 fully saturated rings. The zero-order valence-electron chi connectivity index (χ0n) is 12.3. The van der Waals surface area contributed by atoms with Crippen LogP contribution in [0.3, 0.4) is 0 Å². The van der Waals surface area contributed by atoms with Gasteiger partial charge in [0.15, 0.2) is 9.84 Å². The van der Waals surface area contributed by atoms with E-state index in [1.165, 1.54) is 7.11 Å². The average molecular weight is 310 g/mol. The van der Waals surface area contributed by atoms with Crippen molar-refractivity contribution in [3.63, 3.8) is 0 Å². The van der Waals surface area contributed by atoms with Crippen LogP contribution >= 0.6 is 0 Å². The van der Waals surface area contributed by atoms with E-state index in [0.29, 0.717) is 5.56 Å². The van der Waals surface area contributed by atoms with E-state index in [2.05, 4.69) is 0 Å². The van der Waals surface area contributed by atoms with Gasteiger partial charge in [-0.1, -0.05) is 43.2 Å². The van der Waals surface area contributed by atoms with Crippen LogP contribution in [-0.4, -0.2) is 33.0 Å². The maximum atomic E-state index is 12.4. The summed E-state index contributed by atoms with van der Waals surface area (Å²) in [7, 11) is -1.97. The van der Waals surface area contributed by atoms with Crippen molar-refractivity contribution >= 4 is 15.8 Å². The number of carbonyl (C=O) groups excluding carboxylic acids is 1. The van der Waals surface area contributed by atoms with E-state index in [0.717, 1.165) is 25.7 Å². The maximum absolute atomic E-state index is 12.4. The molecule has 1 aliphatic carbocycles. The van der Waals surface area contributed by atoms with Gasteiger partial charge in [-0.05, 0) is 24.3 Å². The molecule has 116 valence electrons. The smallest absolute Gasteiger partial charge is 0.314 e. The Kier molecular flexibility index (Phi) is 5.39. The lowest BCUT2D eigenvalue weighted by atomic mass is 10.0. The third kappa shape index (κ3) is 4.56. The van der Waals surface area contributed by atoms with Crippen LogP contribution in [0, 0.1) is 5.92 Å².